The summed E-state index contributed by atoms with van der Waals surface area (Å²) in [5, 5.41) is 21.4. The van der Waals surface area contributed by atoms with Gasteiger partial charge in [-0.2, -0.15) is 0 Å². The van der Waals surface area contributed by atoms with Crippen LogP contribution in [-0.2, 0) is 19.5 Å². The number of unbranched alkanes of at least 4 members (excludes halogenated alkanes) is 10. The summed E-state index contributed by atoms with van der Waals surface area (Å²) in [6, 6.07) is 41.7. The molecule has 0 unspecified atom stereocenters. The van der Waals surface area contributed by atoms with Gasteiger partial charge in [-0.3, -0.25) is 9.68 Å². The van der Waals surface area contributed by atoms with E-state index < -0.39 is 7.32 Å². The summed E-state index contributed by atoms with van der Waals surface area (Å²) in [7, 11) is -2.23. The first kappa shape index (κ1) is 54.8. The maximum atomic E-state index is 12.0. The SMILES string of the molecule is CCCCCCCCOC(=O)c1cccc[n+]1OCC.CCCCCCCCOC(=O)c1cccc[n+]1OCC.[O-]B([O-])OCCCC(c1ccccc1)(c1ccccc1)c1ccccc1. The standard InChI is InChI=1S/C22H21BO3.2C16H26NO3/c24-23(25)26-18-10-17-22(19-11-4-1-5-12-19,20-13-6-2-7-14-20)21-15-8-3-9-16-21;2*1-3-5-6-7-8-11-14-19-16(18)15-12-9-10-13-17(15)20-4-2/h1-9,11-16H,10,17-18H2;2*9-10,12-13H,3-8,11,14H2,1-2H3/q-2;2*+1. The van der Waals surface area contributed by atoms with Gasteiger partial charge in [-0.15, -0.1) is 0 Å². The summed E-state index contributed by atoms with van der Waals surface area (Å²) in [5.74, 6) is -0.653. The topological polar surface area (TPSA) is 134 Å². The molecule has 356 valence electrons. The van der Waals surface area contributed by atoms with E-state index in [0.29, 0.717) is 44.2 Å². The number of esters is 2. The highest BCUT2D eigenvalue weighted by molar-refractivity contribution is 6.28. The van der Waals surface area contributed by atoms with E-state index in [2.05, 4.69) is 50.2 Å². The van der Waals surface area contributed by atoms with Crippen LogP contribution in [0, 0.1) is 0 Å². The van der Waals surface area contributed by atoms with Gasteiger partial charge in [0.2, 0.25) is 12.4 Å². The number of nitrogens with zero attached hydrogens (tertiary/aromatic N) is 2. The zero-order valence-electron chi connectivity index (χ0n) is 39.9. The van der Waals surface area contributed by atoms with Gasteiger partial charge in [0.05, 0.1) is 20.5 Å². The predicted molar refractivity (Wildman–Crippen MR) is 255 cm³/mol. The first-order valence-corrected chi connectivity index (χ1v) is 24.0. The minimum Gasteiger partial charge on any atom is -0.871 e. The summed E-state index contributed by atoms with van der Waals surface area (Å²) in [6.07, 6.45) is 18.9. The second-order valence-electron chi connectivity index (χ2n) is 15.7. The molecule has 2 heterocycles. The highest BCUT2D eigenvalue weighted by atomic mass is 16.7. The summed E-state index contributed by atoms with van der Waals surface area (Å²) < 4.78 is 18.2. The molecule has 0 aliphatic rings. The number of aromatic nitrogens is 2. The van der Waals surface area contributed by atoms with E-state index in [1.807, 2.05) is 80.6 Å². The first-order chi connectivity index (χ1) is 32.3. The van der Waals surface area contributed by atoms with Crippen molar-refractivity contribution in [3.63, 3.8) is 0 Å². The van der Waals surface area contributed by atoms with Gasteiger partial charge >= 0.3 is 23.3 Å². The van der Waals surface area contributed by atoms with E-state index in [9.17, 15) is 19.6 Å². The average Bonchev–Trinajstić information content (AvgIpc) is 3.35. The average molecular weight is 905 g/mol. The van der Waals surface area contributed by atoms with E-state index in [1.54, 1.807) is 36.7 Å². The van der Waals surface area contributed by atoms with Crippen LogP contribution in [-0.4, -0.2) is 52.3 Å². The lowest BCUT2D eigenvalue weighted by Crippen LogP contribution is -2.48. The molecule has 0 bridgehead atoms. The van der Waals surface area contributed by atoms with Gasteiger partial charge in [0.15, 0.2) is 13.2 Å². The lowest BCUT2D eigenvalue weighted by molar-refractivity contribution is -0.892. The number of carbonyl (C=O) groups excluding carboxylic acids is 2. The summed E-state index contributed by atoms with van der Waals surface area (Å²) in [4.78, 5) is 34.6. The van der Waals surface area contributed by atoms with Crippen molar-refractivity contribution in [1.29, 1.82) is 0 Å². The van der Waals surface area contributed by atoms with Gasteiger partial charge in [-0.1, -0.05) is 169 Å². The van der Waals surface area contributed by atoms with Crippen LogP contribution in [0.15, 0.2) is 140 Å². The molecule has 5 rings (SSSR count). The van der Waals surface area contributed by atoms with Crippen LogP contribution in [0.4, 0.5) is 0 Å². The zero-order valence-corrected chi connectivity index (χ0v) is 39.9. The minimum absolute atomic E-state index is 0.159. The number of hydrogen-bond acceptors (Lipinski definition) is 9. The Morgan fingerprint density at radius 1 is 0.470 bits per heavy atom. The number of rotatable bonds is 28. The molecule has 0 amide bonds. The Bertz CT molecular complexity index is 1830. The Hall–Kier alpha value is -5.56. The molecule has 12 heteroatoms. The molecule has 0 aliphatic heterocycles. The number of hydrogen-bond donors (Lipinski definition) is 0. The largest absolute Gasteiger partial charge is 0.871 e. The van der Waals surface area contributed by atoms with Crippen LogP contribution >= 0.6 is 0 Å². The molecule has 11 nitrogen and oxygen atoms in total. The van der Waals surface area contributed by atoms with Gasteiger partial charge in [-0.05, 0) is 68.4 Å². The Morgan fingerprint density at radius 2 is 0.833 bits per heavy atom. The minimum atomic E-state index is -2.23. The fourth-order valence-corrected chi connectivity index (χ4v) is 7.54. The van der Waals surface area contributed by atoms with Crippen molar-refractivity contribution in [3.8, 4) is 0 Å². The predicted octanol–water partition coefficient (Wildman–Crippen LogP) is 8.40. The maximum Gasteiger partial charge on any atom is 0.408 e. The van der Waals surface area contributed by atoms with E-state index in [-0.39, 0.29) is 24.0 Å². The molecule has 0 N–H and O–H groups in total. The molecule has 0 radical (unpaired) electrons. The van der Waals surface area contributed by atoms with Crippen molar-refractivity contribution in [2.75, 3.05) is 33.0 Å². The second-order valence-corrected chi connectivity index (χ2v) is 15.7. The van der Waals surface area contributed by atoms with Gasteiger partial charge < -0.3 is 24.2 Å². The fraction of sp³-hybridized carbons (Fsp3) is 0.444. The summed E-state index contributed by atoms with van der Waals surface area (Å²) in [5.41, 5.74) is 4.03. The smallest absolute Gasteiger partial charge is 0.408 e. The van der Waals surface area contributed by atoms with E-state index in [0.717, 1.165) is 32.1 Å². The van der Waals surface area contributed by atoms with Gasteiger partial charge in [0, 0.05) is 45.7 Å². The molecule has 3 aromatic carbocycles. The highest BCUT2D eigenvalue weighted by Gasteiger charge is 2.35. The number of pyridine rings is 2. The Morgan fingerprint density at radius 3 is 1.20 bits per heavy atom. The first-order valence-electron chi connectivity index (χ1n) is 24.0. The Labute approximate surface area is 394 Å². The van der Waals surface area contributed by atoms with Crippen molar-refractivity contribution in [2.24, 2.45) is 0 Å². The fourth-order valence-electron chi connectivity index (χ4n) is 7.54. The van der Waals surface area contributed by atoms with Crippen LogP contribution in [0.5, 0.6) is 0 Å². The lowest BCUT2D eigenvalue weighted by Gasteiger charge is -2.37. The van der Waals surface area contributed by atoms with Crippen molar-refractivity contribution in [3.05, 3.63) is 168 Å². The lowest BCUT2D eigenvalue weighted by atomic mass is 9.67. The van der Waals surface area contributed by atoms with Gasteiger partial charge in [0.25, 0.3) is 0 Å². The monoisotopic (exact) mass is 905 g/mol. The number of benzene rings is 3. The summed E-state index contributed by atoms with van der Waals surface area (Å²) >= 11 is 0. The van der Waals surface area contributed by atoms with E-state index in [4.69, 9.17) is 23.8 Å². The normalized spacial score (nSPS) is 10.7. The molecule has 0 aliphatic carbocycles. The molecule has 0 atom stereocenters. The molecule has 66 heavy (non-hydrogen) atoms. The van der Waals surface area contributed by atoms with E-state index >= 15 is 0 Å². The van der Waals surface area contributed by atoms with Crippen LogP contribution in [0.25, 0.3) is 0 Å². The Kier molecular flexibility index (Phi) is 28.1. The molecule has 0 saturated carbocycles. The van der Waals surface area contributed by atoms with Crippen molar-refractivity contribution in [1.82, 2.24) is 0 Å². The highest BCUT2D eigenvalue weighted by Crippen LogP contribution is 2.43. The third-order valence-electron chi connectivity index (χ3n) is 10.8. The molecule has 0 spiro atoms. The molecule has 0 fully saturated rings. The number of carbonyl (C=O) groups is 2. The third-order valence-corrected chi connectivity index (χ3v) is 10.8. The molecule has 2 aromatic heterocycles. The summed E-state index contributed by atoms with van der Waals surface area (Å²) in [6.45, 7) is 10.3. The number of ether oxygens (including phenoxy) is 2. The van der Waals surface area contributed by atoms with E-state index in [1.165, 1.54) is 77.5 Å². The van der Waals surface area contributed by atoms with Crippen LogP contribution in [0.1, 0.15) is 155 Å². The third kappa shape index (κ3) is 19.9. The van der Waals surface area contributed by atoms with Crippen LogP contribution in [0.2, 0.25) is 0 Å². The quantitative estimate of drug-likeness (QED) is 0.0160. The van der Waals surface area contributed by atoms with Crippen molar-refractivity contribution < 1.29 is 52.9 Å². The van der Waals surface area contributed by atoms with Gasteiger partial charge in [-0.25, -0.2) is 9.59 Å². The zero-order chi connectivity index (χ0) is 47.5. The molecule has 5 aromatic rings. The van der Waals surface area contributed by atoms with Crippen LogP contribution in [0.3, 0.4) is 0 Å². The van der Waals surface area contributed by atoms with Crippen LogP contribution < -0.4 is 29.2 Å². The van der Waals surface area contributed by atoms with Gasteiger partial charge in [0.1, 0.15) is 0 Å². The second kappa shape index (κ2) is 33.9. The molecular formula is C54H73BN2O9. The maximum absolute atomic E-state index is 12.0. The van der Waals surface area contributed by atoms with Crippen molar-refractivity contribution >= 4 is 19.3 Å². The Balaban J connectivity index is 0.000000267. The molecule has 0 saturated heterocycles. The molecular weight excluding hydrogens is 831 g/mol. The van der Waals surface area contributed by atoms with Crippen molar-refractivity contribution in [2.45, 2.75) is 123 Å².